The van der Waals surface area contributed by atoms with Crippen molar-refractivity contribution in [1.29, 1.82) is 0 Å². The number of carbonyl (C=O) groups is 3. The molecule has 0 amide bonds. The van der Waals surface area contributed by atoms with E-state index in [0.717, 1.165) is 89.9 Å². The van der Waals surface area contributed by atoms with Gasteiger partial charge in [0.25, 0.3) is 0 Å². The minimum Gasteiger partial charge on any atom is -0.462 e. The summed E-state index contributed by atoms with van der Waals surface area (Å²) in [6.45, 7) is 6.59. The van der Waals surface area contributed by atoms with Crippen LogP contribution < -0.4 is 0 Å². The molecule has 0 aromatic carbocycles. The Morgan fingerprint density at radius 1 is 0.266 bits per heavy atom. The van der Waals surface area contributed by atoms with Gasteiger partial charge < -0.3 is 14.2 Å². The third kappa shape index (κ3) is 65.8. The first-order valence-electron chi connectivity index (χ1n) is 34.8. The maximum atomic E-state index is 12.9. The zero-order valence-electron chi connectivity index (χ0n) is 52.9. The van der Waals surface area contributed by atoms with Gasteiger partial charge in [-0.3, -0.25) is 14.4 Å². The standard InChI is InChI=1S/C73H132O6/c1-4-7-10-13-16-19-22-25-27-29-31-33-34-35-36-37-38-39-40-41-43-44-46-48-51-54-57-60-63-66-72(75)78-69-70(68-77-71(74)65-62-59-56-53-50-24-21-18-15-12-9-6-3)79-73(76)67-64-61-58-55-52-49-47-45-42-32-30-28-26-23-20-17-14-11-8-5-2/h7,10,16,19,25,27,31,33,35-36,70H,4-6,8-9,11-15,17-18,20-24,26,28-30,32,34,37-69H2,1-3H3/b10-7-,19-16-,27-25-,33-31-,36-35-. The fraction of sp³-hybridized carbons (Fsp3) is 0.822. The molecule has 1 atom stereocenters. The van der Waals surface area contributed by atoms with Crippen LogP contribution in [0.3, 0.4) is 0 Å². The maximum absolute atomic E-state index is 12.9. The molecule has 0 aliphatic rings. The number of unbranched alkanes of at least 4 members (excludes halogenated alkanes) is 43. The van der Waals surface area contributed by atoms with E-state index in [1.165, 1.54) is 238 Å². The molecule has 0 N–H and O–H groups in total. The molecule has 79 heavy (non-hydrogen) atoms. The molecule has 6 heteroatoms. The summed E-state index contributed by atoms with van der Waals surface area (Å²) in [5.74, 6) is -0.843. The molecule has 0 saturated heterocycles. The Balaban J connectivity index is 4.20. The second-order valence-electron chi connectivity index (χ2n) is 23.4. The van der Waals surface area contributed by atoms with Gasteiger partial charge in [-0.15, -0.1) is 0 Å². The summed E-state index contributed by atoms with van der Waals surface area (Å²) >= 11 is 0. The van der Waals surface area contributed by atoms with Gasteiger partial charge in [0.15, 0.2) is 6.10 Å². The number of hydrogen-bond acceptors (Lipinski definition) is 6. The Labute approximate surface area is 491 Å². The summed E-state index contributed by atoms with van der Waals surface area (Å²) in [5, 5.41) is 0. The molecule has 0 aliphatic carbocycles. The van der Waals surface area contributed by atoms with Gasteiger partial charge in [0.2, 0.25) is 0 Å². The molecule has 0 radical (unpaired) electrons. The molecule has 0 rings (SSSR count). The average molecular weight is 1110 g/mol. The van der Waals surface area contributed by atoms with Crippen molar-refractivity contribution < 1.29 is 28.6 Å². The van der Waals surface area contributed by atoms with E-state index >= 15 is 0 Å². The Hall–Kier alpha value is -2.89. The Bertz CT molecular complexity index is 1410. The molecule has 1 unspecified atom stereocenters. The smallest absolute Gasteiger partial charge is 0.306 e. The van der Waals surface area contributed by atoms with Crippen LogP contribution in [-0.2, 0) is 28.6 Å². The van der Waals surface area contributed by atoms with E-state index in [2.05, 4.69) is 81.5 Å². The third-order valence-corrected chi connectivity index (χ3v) is 15.5. The quantitative estimate of drug-likeness (QED) is 0.0261. The molecule has 0 bridgehead atoms. The minimum absolute atomic E-state index is 0.0677. The van der Waals surface area contributed by atoms with Crippen molar-refractivity contribution in [2.45, 2.75) is 374 Å². The van der Waals surface area contributed by atoms with Gasteiger partial charge in [0.1, 0.15) is 13.2 Å². The van der Waals surface area contributed by atoms with E-state index in [-0.39, 0.29) is 31.1 Å². The Morgan fingerprint density at radius 2 is 0.494 bits per heavy atom. The molecule has 0 aromatic heterocycles. The number of allylic oxidation sites excluding steroid dienone is 10. The fourth-order valence-corrected chi connectivity index (χ4v) is 10.4. The topological polar surface area (TPSA) is 78.9 Å². The summed E-state index contributed by atoms with van der Waals surface area (Å²) in [7, 11) is 0. The minimum atomic E-state index is -0.771. The molecule has 460 valence electrons. The molecular weight excluding hydrogens is 973 g/mol. The first kappa shape index (κ1) is 76.1. The second-order valence-corrected chi connectivity index (χ2v) is 23.4. The van der Waals surface area contributed by atoms with E-state index in [0.29, 0.717) is 19.3 Å². The number of rotatable bonds is 64. The van der Waals surface area contributed by atoms with Gasteiger partial charge in [0.05, 0.1) is 0 Å². The predicted molar refractivity (Wildman–Crippen MR) is 344 cm³/mol. The lowest BCUT2D eigenvalue weighted by atomic mass is 10.0. The first-order valence-corrected chi connectivity index (χ1v) is 34.8. The zero-order valence-corrected chi connectivity index (χ0v) is 52.9. The number of esters is 3. The van der Waals surface area contributed by atoms with Crippen molar-refractivity contribution in [2.24, 2.45) is 0 Å². The Morgan fingerprint density at radius 3 is 0.772 bits per heavy atom. The van der Waals surface area contributed by atoms with Crippen LogP contribution in [-0.4, -0.2) is 37.2 Å². The van der Waals surface area contributed by atoms with Gasteiger partial charge in [-0.05, 0) is 64.2 Å². The number of ether oxygens (including phenoxy) is 3. The van der Waals surface area contributed by atoms with E-state index in [4.69, 9.17) is 14.2 Å². The van der Waals surface area contributed by atoms with Crippen LogP contribution >= 0.6 is 0 Å². The van der Waals surface area contributed by atoms with E-state index in [9.17, 15) is 14.4 Å². The molecule has 6 nitrogen and oxygen atoms in total. The van der Waals surface area contributed by atoms with E-state index < -0.39 is 6.10 Å². The van der Waals surface area contributed by atoms with Gasteiger partial charge in [0, 0.05) is 19.3 Å². The number of hydrogen-bond donors (Lipinski definition) is 0. The van der Waals surface area contributed by atoms with Gasteiger partial charge in [-0.1, -0.05) is 345 Å². The van der Waals surface area contributed by atoms with Crippen LogP contribution in [0.1, 0.15) is 367 Å². The number of carbonyl (C=O) groups excluding carboxylic acids is 3. The average Bonchev–Trinajstić information content (AvgIpc) is 3.45. The van der Waals surface area contributed by atoms with Gasteiger partial charge >= 0.3 is 17.9 Å². The van der Waals surface area contributed by atoms with E-state index in [1.54, 1.807) is 0 Å². The van der Waals surface area contributed by atoms with Crippen molar-refractivity contribution in [3.05, 3.63) is 60.8 Å². The van der Waals surface area contributed by atoms with Crippen LogP contribution in [0.15, 0.2) is 60.8 Å². The van der Waals surface area contributed by atoms with Gasteiger partial charge in [-0.25, -0.2) is 0 Å². The first-order chi connectivity index (χ1) is 39.0. The van der Waals surface area contributed by atoms with Gasteiger partial charge in [-0.2, -0.15) is 0 Å². The van der Waals surface area contributed by atoms with Crippen LogP contribution in [0, 0.1) is 0 Å². The SMILES string of the molecule is CC/C=C\C/C=C\C/C=C\C/C=C\C/C=C\CCCCCCCCCCCCCCCC(=O)OCC(COC(=O)CCCCCCCCCCCCCC)OC(=O)CCCCCCCCCCCCCCCCCCCCCC. The summed E-state index contributed by atoms with van der Waals surface area (Å²) in [6, 6.07) is 0. The highest BCUT2D eigenvalue weighted by Gasteiger charge is 2.19. The van der Waals surface area contributed by atoms with Crippen LogP contribution in [0.5, 0.6) is 0 Å². The third-order valence-electron chi connectivity index (χ3n) is 15.5. The molecule has 0 heterocycles. The zero-order chi connectivity index (χ0) is 57.1. The lowest BCUT2D eigenvalue weighted by molar-refractivity contribution is -0.167. The summed E-state index contributed by atoms with van der Waals surface area (Å²) < 4.78 is 17.0. The summed E-state index contributed by atoms with van der Waals surface area (Å²) in [6.07, 6.45) is 86.7. The van der Waals surface area contributed by atoms with Crippen molar-refractivity contribution in [3.63, 3.8) is 0 Å². The lowest BCUT2D eigenvalue weighted by Crippen LogP contribution is -2.30. The molecular formula is C73H132O6. The van der Waals surface area contributed by atoms with Crippen molar-refractivity contribution in [3.8, 4) is 0 Å². The lowest BCUT2D eigenvalue weighted by Gasteiger charge is -2.18. The van der Waals surface area contributed by atoms with E-state index in [1.807, 2.05) is 0 Å². The highest BCUT2D eigenvalue weighted by atomic mass is 16.6. The van der Waals surface area contributed by atoms with Crippen LogP contribution in [0.25, 0.3) is 0 Å². The maximum Gasteiger partial charge on any atom is 0.306 e. The molecule has 0 aliphatic heterocycles. The molecule has 0 aromatic rings. The fourth-order valence-electron chi connectivity index (χ4n) is 10.4. The van der Waals surface area contributed by atoms with Crippen molar-refractivity contribution >= 4 is 17.9 Å². The monoisotopic (exact) mass is 1110 g/mol. The highest BCUT2D eigenvalue weighted by Crippen LogP contribution is 2.18. The molecule has 0 fully saturated rings. The predicted octanol–water partition coefficient (Wildman–Crippen LogP) is 23.9. The second kappa shape index (κ2) is 67.6. The highest BCUT2D eigenvalue weighted by molar-refractivity contribution is 5.71. The van der Waals surface area contributed by atoms with Crippen molar-refractivity contribution in [2.75, 3.05) is 13.2 Å². The normalized spacial score (nSPS) is 12.4. The van der Waals surface area contributed by atoms with Crippen LogP contribution in [0.2, 0.25) is 0 Å². The molecule has 0 spiro atoms. The molecule has 0 saturated carbocycles. The summed E-state index contributed by atoms with van der Waals surface area (Å²) in [4.78, 5) is 38.4. The van der Waals surface area contributed by atoms with Crippen LogP contribution in [0.4, 0.5) is 0 Å². The van der Waals surface area contributed by atoms with Crippen molar-refractivity contribution in [1.82, 2.24) is 0 Å². The largest absolute Gasteiger partial charge is 0.462 e. The summed E-state index contributed by atoms with van der Waals surface area (Å²) in [5.41, 5.74) is 0. The Kier molecular flexibility index (Phi) is 65.1.